The highest BCUT2D eigenvalue weighted by atomic mass is 15.0. The summed E-state index contributed by atoms with van der Waals surface area (Å²) in [6.07, 6.45) is 5.89. The quantitative estimate of drug-likeness (QED) is 0.458. The van der Waals surface area contributed by atoms with Crippen molar-refractivity contribution in [3.8, 4) is 33.9 Å². The van der Waals surface area contributed by atoms with E-state index in [1.807, 2.05) is 24.5 Å². The maximum atomic E-state index is 4.69. The average Bonchev–Trinajstić information content (AvgIpc) is 3.08. The number of aryl methyl sites for hydroxylation is 2. The van der Waals surface area contributed by atoms with Gasteiger partial charge in [0.05, 0.1) is 5.69 Å². The number of aromatic nitrogens is 3. The second-order valence-corrected chi connectivity index (χ2v) is 6.62. The van der Waals surface area contributed by atoms with E-state index in [2.05, 4.69) is 77.4 Å². The Kier molecular flexibility index (Phi) is 4.13. The molecule has 0 bridgehead atoms. The molecule has 2 aromatic carbocycles. The van der Waals surface area contributed by atoms with Gasteiger partial charge in [-0.05, 0) is 42.2 Å². The van der Waals surface area contributed by atoms with Gasteiger partial charge in [-0.1, -0.05) is 48.5 Å². The van der Waals surface area contributed by atoms with Crippen LogP contribution < -0.4 is 0 Å². The van der Waals surface area contributed by atoms with Crippen molar-refractivity contribution in [1.82, 2.24) is 14.5 Å². The molecule has 0 spiro atoms. The third kappa shape index (κ3) is 3.04. The monoisotopic (exact) mass is 339 g/mol. The maximum absolute atomic E-state index is 4.69. The molecule has 2 aromatic rings. The summed E-state index contributed by atoms with van der Waals surface area (Å²) in [5.41, 5.74) is 7.92. The van der Waals surface area contributed by atoms with Gasteiger partial charge >= 0.3 is 0 Å². The van der Waals surface area contributed by atoms with E-state index in [4.69, 9.17) is 0 Å². The van der Waals surface area contributed by atoms with Crippen molar-refractivity contribution in [2.24, 2.45) is 0 Å². The summed E-state index contributed by atoms with van der Waals surface area (Å²) in [5.74, 6) is 0.767. The third-order valence-electron chi connectivity index (χ3n) is 4.75. The molecule has 128 valence electrons. The Morgan fingerprint density at radius 1 is 0.846 bits per heavy atom. The number of fused-ring (bicyclic) bond motifs is 1. The molecule has 0 aliphatic carbocycles. The zero-order valence-corrected chi connectivity index (χ0v) is 15.1. The first-order valence-electron chi connectivity index (χ1n) is 8.76. The molecule has 2 aliphatic rings. The summed E-state index contributed by atoms with van der Waals surface area (Å²) in [7, 11) is 0. The SMILES string of the molecule is C=CCn1ccc2nc(-c3ccc(-c4ccc(C)c(C)c4)cc3)nc-2c1. The first kappa shape index (κ1) is 16.3. The first-order chi connectivity index (χ1) is 12.6. The smallest absolute Gasteiger partial charge is 0.160 e. The molecule has 0 amide bonds. The number of nitrogens with zero attached hydrogens (tertiary/aromatic N) is 3. The van der Waals surface area contributed by atoms with Crippen LogP contribution in [0.5, 0.6) is 0 Å². The van der Waals surface area contributed by atoms with Gasteiger partial charge in [-0.2, -0.15) is 0 Å². The standard InChI is InChI=1S/C23H21N3/c1-4-12-26-13-11-21-22(15-26)25-23(24-21)19-9-7-18(8-10-19)20-6-5-16(2)17(3)14-20/h4-11,13-15H,1,12H2,2-3H3. The van der Waals surface area contributed by atoms with Crippen LogP contribution in [0.25, 0.3) is 33.9 Å². The lowest BCUT2D eigenvalue weighted by molar-refractivity contribution is 0.813. The Bertz CT molecular complexity index is 1040. The van der Waals surface area contributed by atoms with Crippen LogP contribution in [0.3, 0.4) is 0 Å². The van der Waals surface area contributed by atoms with Crippen LogP contribution in [0, 0.1) is 13.8 Å². The van der Waals surface area contributed by atoms with Crippen molar-refractivity contribution in [3.63, 3.8) is 0 Å². The van der Waals surface area contributed by atoms with E-state index in [1.165, 1.54) is 22.3 Å². The van der Waals surface area contributed by atoms with Gasteiger partial charge in [-0.25, -0.2) is 9.97 Å². The third-order valence-corrected chi connectivity index (χ3v) is 4.75. The van der Waals surface area contributed by atoms with Crippen molar-refractivity contribution in [2.75, 3.05) is 0 Å². The van der Waals surface area contributed by atoms with Crippen LogP contribution in [0.4, 0.5) is 0 Å². The fraction of sp³-hybridized carbons (Fsp3) is 0.130. The molecule has 3 nitrogen and oxygen atoms in total. The molecule has 0 saturated heterocycles. The predicted molar refractivity (Wildman–Crippen MR) is 107 cm³/mol. The number of imidazole rings is 1. The van der Waals surface area contributed by atoms with E-state index < -0.39 is 0 Å². The molecule has 0 saturated carbocycles. The summed E-state index contributed by atoms with van der Waals surface area (Å²) in [5, 5.41) is 0. The van der Waals surface area contributed by atoms with E-state index in [0.29, 0.717) is 0 Å². The van der Waals surface area contributed by atoms with Gasteiger partial charge < -0.3 is 4.57 Å². The lowest BCUT2D eigenvalue weighted by atomic mass is 9.99. The van der Waals surface area contributed by atoms with Gasteiger partial charge in [0.25, 0.3) is 0 Å². The normalized spacial score (nSPS) is 11.0. The fourth-order valence-electron chi connectivity index (χ4n) is 3.08. The molecule has 0 N–H and O–H groups in total. The molecule has 3 heteroatoms. The topological polar surface area (TPSA) is 30.7 Å². The summed E-state index contributed by atoms with van der Waals surface area (Å²) in [6.45, 7) is 8.83. The zero-order valence-electron chi connectivity index (χ0n) is 15.1. The Morgan fingerprint density at radius 3 is 2.27 bits per heavy atom. The first-order valence-corrected chi connectivity index (χ1v) is 8.76. The predicted octanol–water partition coefficient (Wildman–Crippen LogP) is 5.52. The summed E-state index contributed by atoms with van der Waals surface area (Å²) < 4.78 is 2.05. The van der Waals surface area contributed by atoms with Crippen LogP contribution in [0.15, 0.2) is 73.6 Å². The van der Waals surface area contributed by atoms with Crippen molar-refractivity contribution in [1.29, 1.82) is 0 Å². The number of hydrogen-bond donors (Lipinski definition) is 0. The highest BCUT2D eigenvalue weighted by Gasteiger charge is 2.12. The zero-order chi connectivity index (χ0) is 18.1. The van der Waals surface area contributed by atoms with Crippen LogP contribution in [0.2, 0.25) is 0 Å². The molecule has 0 aromatic heterocycles. The second-order valence-electron chi connectivity index (χ2n) is 6.62. The molecule has 4 rings (SSSR count). The van der Waals surface area contributed by atoms with Gasteiger partial charge in [0.1, 0.15) is 5.69 Å². The molecule has 0 radical (unpaired) electrons. The van der Waals surface area contributed by atoms with Gasteiger partial charge in [0, 0.05) is 24.5 Å². The summed E-state index contributed by atoms with van der Waals surface area (Å²) in [4.78, 5) is 9.35. The molecule has 0 fully saturated rings. The van der Waals surface area contributed by atoms with E-state index in [-0.39, 0.29) is 0 Å². The maximum Gasteiger partial charge on any atom is 0.160 e. The Morgan fingerprint density at radius 2 is 1.54 bits per heavy atom. The van der Waals surface area contributed by atoms with Gasteiger partial charge in [-0.15, -0.1) is 6.58 Å². The average molecular weight is 339 g/mol. The fourth-order valence-corrected chi connectivity index (χ4v) is 3.08. The van der Waals surface area contributed by atoms with Gasteiger partial charge in [-0.3, -0.25) is 0 Å². The Labute approximate surface area is 154 Å². The summed E-state index contributed by atoms with van der Waals surface area (Å²) in [6, 6.07) is 17.0. The lowest BCUT2D eigenvalue weighted by Gasteiger charge is -2.06. The number of pyridine rings is 1. The Hall–Kier alpha value is -3.20. The van der Waals surface area contributed by atoms with Crippen LogP contribution in [-0.2, 0) is 6.54 Å². The molecule has 0 atom stereocenters. The van der Waals surface area contributed by atoms with Crippen LogP contribution in [0.1, 0.15) is 11.1 Å². The molecule has 2 heterocycles. The van der Waals surface area contributed by atoms with Gasteiger partial charge in [0.2, 0.25) is 0 Å². The second kappa shape index (κ2) is 6.60. The van der Waals surface area contributed by atoms with Gasteiger partial charge in [0.15, 0.2) is 5.82 Å². The highest BCUT2D eigenvalue weighted by molar-refractivity contribution is 5.71. The van der Waals surface area contributed by atoms with Crippen molar-refractivity contribution in [2.45, 2.75) is 20.4 Å². The number of allylic oxidation sites excluding steroid dienone is 1. The van der Waals surface area contributed by atoms with E-state index in [0.717, 1.165) is 29.3 Å². The summed E-state index contributed by atoms with van der Waals surface area (Å²) >= 11 is 0. The molecule has 2 aliphatic heterocycles. The van der Waals surface area contributed by atoms with E-state index in [1.54, 1.807) is 0 Å². The molecule has 0 unspecified atom stereocenters. The number of hydrogen-bond acceptors (Lipinski definition) is 2. The van der Waals surface area contributed by atoms with Crippen LogP contribution in [-0.4, -0.2) is 14.5 Å². The largest absolute Gasteiger partial charge is 0.348 e. The van der Waals surface area contributed by atoms with E-state index >= 15 is 0 Å². The van der Waals surface area contributed by atoms with Crippen molar-refractivity contribution < 1.29 is 0 Å². The molecule has 26 heavy (non-hydrogen) atoms. The molecular formula is C23H21N3. The minimum absolute atomic E-state index is 0.767. The van der Waals surface area contributed by atoms with Crippen molar-refractivity contribution in [3.05, 3.63) is 84.7 Å². The highest BCUT2D eigenvalue weighted by Crippen LogP contribution is 2.28. The van der Waals surface area contributed by atoms with E-state index in [9.17, 15) is 0 Å². The van der Waals surface area contributed by atoms with Crippen LogP contribution >= 0.6 is 0 Å². The minimum atomic E-state index is 0.767. The Balaban J connectivity index is 1.66. The minimum Gasteiger partial charge on any atom is -0.348 e. The number of rotatable bonds is 4. The number of benzene rings is 2. The lowest BCUT2D eigenvalue weighted by Crippen LogP contribution is -1.96. The molecular weight excluding hydrogens is 318 g/mol. The van der Waals surface area contributed by atoms with Crippen molar-refractivity contribution >= 4 is 0 Å².